The van der Waals surface area contributed by atoms with Crippen LogP contribution in [0.2, 0.25) is 0 Å². The fourth-order valence-corrected chi connectivity index (χ4v) is 7.24. The Morgan fingerprint density at radius 3 is 1.55 bits per heavy atom. The van der Waals surface area contributed by atoms with Crippen LogP contribution in [0.1, 0.15) is 0 Å². The Balaban J connectivity index is 1.05. The maximum Gasteiger partial charge on any atom is 0.246 e. The number of nitrogens with zero attached hydrogens (tertiary/aromatic N) is 2. The summed E-state index contributed by atoms with van der Waals surface area (Å²) < 4.78 is 6.23. The van der Waals surface area contributed by atoms with E-state index in [1.807, 2.05) is 12.1 Å². The first-order valence-electron chi connectivity index (χ1n) is 16.6. The van der Waals surface area contributed by atoms with E-state index in [0.29, 0.717) is 5.71 Å². The SMILES string of the molecule is c1cc(-c2ccc3nc4oc5ccc(-c6cccc(-c7cccc8ccccc78)c6)cc5c4nc3c2)cc(-c2cccc3ccccc23)c1. The normalized spacial score (nSPS) is 11.7. The van der Waals surface area contributed by atoms with E-state index in [0.717, 1.165) is 49.8 Å². The number of hydrogen-bond donors (Lipinski definition) is 0. The van der Waals surface area contributed by atoms with Crippen LogP contribution in [0.15, 0.2) is 174 Å². The topological polar surface area (TPSA) is 38.9 Å². The summed E-state index contributed by atoms with van der Waals surface area (Å²) in [6.07, 6.45) is 0. The minimum absolute atomic E-state index is 0.551. The summed E-state index contributed by atoms with van der Waals surface area (Å²) in [5.41, 5.74) is 13.1. The molecule has 3 nitrogen and oxygen atoms in total. The number of furan rings is 1. The highest BCUT2D eigenvalue weighted by molar-refractivity contribution is 6.05. The predicted molar refractivity (Wildman–Crippen MR) is 204 cm³/mol. The van der Waals surface area contributed by atoms with Crippen LogP contribution >= 0.6 is 0 Å². The molecule has 0 spiro atoms. The Bertz CT molecular complexity index is 2880. The van der Waals surface area contributed by atoms with E-state index in [4.69, 9.17) is 14.4 Å². The molecule has 3 heteroatoms. The van der Waals surface area contributed by atoms with E-state index in [2.05, 4.69) is 158 Å². The Labute approximate surface area is 282 Å². The Kier molecular flexibility index (Phi) is 6.18. The molecule has 0 N–H and O–H groups in total. The average molecular weight is 625 g/mol. The van der Waals surface area contributed by atoms with Gasteiger partial charge in [0.25, 0.3) is 0 Å². The first kappa shape index (κ1) is 27.5. The zero-order chi connectivity index (χ0) is 32.3. The molecular weight excluding hydrogens is 597 g/mol. The number of rotatable bonds is 4. The average Bonchev–Trinajstić information content (AvgIpc) is 3.53. The van der Waals surface area contributed by atoms with Gasteiger partial charge in [0.1, 0.15) is 11.1 Å². The summed E-state index contributed by atoms with van der Waals surface area (Å²) in [4.78, 5) is 10.1. The Hall–Kier alpha value is -6.58. The van der Waals surface area contributed by atoms with Crippen molar-refractivity contribution < 1.29 is 4.42 Å². The van der Waals surface area contributed by atoms with Crippen molar-refractivity contribution in [3.8, 4) is 44.5 Å². The van der Waals surface area contributed by atoms with Crippen molar-refractivity contribution >= 4 is 54.8 Å². The lowest BCUT2D eigenvalue weighted by atomic mass is 9.95. The number of benzene rings is 8. The van der Waals surface area contributed by atoms with Crippen LogP contribution in [-0.2, 0) is 0 Å². The molecule has 0 fully saturated rings. The molecule has 0 saturated heterocycles. The summed E-state index contributed by atoms with van der Waals surface area (Å²) in [6, 6.07) is 60.2. The van der Waals surface area contributed by atoms with Crippen LogP contribution in [0.4, 0.5) is 0 Å². The molecule has 0 aliphatic rings. The van der Waals surface area contributed by atoms with Gasteiger partial charge in [-0.1, -0.05) is 133 Å². The molecule has 10 aromatic rings. The second kappa shape index (κ2) is 11.0. The van der Waals surface area contributed by atoms with Gasteiger partial charge in [-0.25, -0.2) is 9.97 Å². The lowest BCUT2D eigenvalue weighted by Gasteiger charge is -2.10. The molecule has 10 rings (SSSR count). The van der Waals surface area contributed by atoms with Gasteiger partial charge >= 0.3 is 0 Å². The molecule has 0 aliphatic heterocycles. The molecule has 49 heavy (non-hydrogen) atoms. The summed E-state index contributed by atoms with van der Waals surface area (Å²) in [6.45, 7) is 0. The Morgan fingerprint density at radius 2 is 0.878 bits per heavy atom. The molecule has 0 atom stereocenters. The van der Waals surface area contributed by atoms with Crippen molar-refractivity contribution in [1.29, 1.82) is 0 Å². The lowest BCUT2D eigenvalue weighted by molar-refractivity contribution is 0.655. The van der Waals surface area contributed by atoms with Gasteiger partial charge in [-0.05, 0) is 102 Å². The predicted octanol–water partition coefficient (Wildman–Crippen LogP) is 12.5. The van der Waals surface area contributed by atoms with Crippen LogP contribution < -0.4 is 0 Å². The van der Waals surface area contributed by atoms with Gasteiger partial charge in [0.05, 0.1) is 11.0 Å². The first-order chi connectivity index (χ1) is 24.2. The van der Waals surface area contributed by atoms with Crippen LogP contribution in [0, 0.1) is 0 Å². The number of fused-ring (bicyclic) bond motifs is 6. The monoisotopic (exact) mass is 624 g/mol. The van der Waals surface area contributed by atoms with Gasteiger partial charge in [-0.2, -0.15) is 0 Å². The zero-order valence-electron chi connectivity index (χ0n) is 26.5. The summed E-state index contributed by atoms with van der Waals surface area (Å²) in [7, 11) is 0. The molecule has 0 radical (unpaired) electrons. The molecular formula is C46H28N2O. The van der Waals surface area contributed by atoms with Crippen molar-refractivity contribution in [2.24, 2.45) is 0 Å². The fraction of sp³-hybridized carbons (Fsp3) is 0. The van der Waals surface area contributed by atoms with Gasteiger partial charge < -0.3 is 4.42 Å². The molecule has 0 bridgehead atoms. The second-order valence-electron chi connectivity index (χ2n) is 12.6. The molecule has 0 amide bonds. The molecule has 0 aliphatic carbocycles. The van der Waals surface area contributed by atoms with Crippen molar-refractivity contribution in [1.82, 2.24) is 9.97 Å². The second-order valence-corrected chi connectivity index (χ2v) is 12.6. The standard InChI is InChI=1S/C46H28N2O/c1-3-17-37-29(9-1)11-7-19-39(37)35-15-5-13-31(25-35)33-22-24-44-41(27-33)45-46(49-44)48-42-23-21-34(28-43(42)47-45)32-14-6-16-36(26-32)40-20-8-12-30-10-2-4-18-38(30)40/h1-28H. The summed E-state index contributed by atoms with van der Waals surface area (Å²) >= 11 is 0. The van der Waals surface area contributed by atoms with E-state index in [-0.39, 0.29) is 0 Å². The minimum atomic E-state index is 0.551. The highest BCUT2D eigenvalue weighted by atomic mass is 16.3. The zero-order valence-corrected chi connectivity index (χ0v) is 26.5. The number of aromatic nitrogens is 2. The third-order valence-electron chi connectivity index (χ3n) is 9.67. The molecule has 8 aromatic carbocycles. The first-order valence-corrected chi connectivity index (χ1v) is 16.6. The third kappa shape index (κ3) is 4.67. The van der Waals surface area contributed by atoms with Gasteiger partial charge in [0.15, 0.2) is 0 Å². The van der Waals surface area contributed by atoms with E-state index < -0.39 is 0 Å². The highest BCUT2D eigenvalue weighted by Crippen LogP contribution is 2.36. The number of hydrogen-bond acceptors (Lipinski definition) is 3. The van der Waals surface area contributed by atoms with Crippen molar-refractivity contribution in [2.75, 3.05) is 0 Å². The molecule has 228 valence electrons. The van der Waals surface area contributed by atoms with Crippen molar-refractivity contribution in [3.63, 3.8) is 0 Å². The summed E-state index contributed by atoms with van der Waals surface area (Å²) in [5, 5.41) is 5.94. The lowest BCUT2D eigenvalue weighted by Crippen LogP contribution is -1.87. The smallest absolute Gasteiger partial charge is 0.246 e. The van der Waals surface area contributed by atoms with Gasteiger partial charge in [0.2, 0.25) is 5.71 Å². The molecule has 0 unspecified atom stereocenters. The van der Waals surface area contributed by atoms with Crippen LogP contribution in [0.3, 0.4) is 0 Å². The maximum atomic E-state index is 6.23. The minimum Gasteiger partial charge on any atom is -0.436 e. The summed E-state index contributed by atoms with van der Waals surface area (Å²) in [5.74, 6) is 0. The quantitative estimate of drug-likeness (QED) is 0.196. The van der Waals surface area contributed by atoms with Crippen LogP contribution in [-0.4, -0.2) is 9.97 Å². The van der Waals surface area contributed by atoms with Gasteiger partial charge in [-0.15, -0.1) is 0 Å². The largest absolute Gasteiger partial charge is 0.436 e. The van der Waals surface area contributed by atoms with Crippen molar-refractivity contribution in [2.45, 2.75) is 0 Å². The molecule has 2 aromatic heterocycles. The Morgan fingerprint density at radius 1 is 0.347 bits per heavy atom. The van der Waals surface area contributed by atoms with E-state index >= 15 is 0 Å². The fourth-order valence-electron chi connectivity index (χ4n) is 7.24. The maximum absolute atomic E-state index is 6.23. The van der Waals surface area contributed by atoms with E-state index in [9.17, 15) is 0 Å². The van der Waals surface area contributed by atoms with Crippen LogP contribution in [0.25, 0.3) is 99.3 Å². The van der Waals surface area contributed by atoms with Gasteiger partial charge in [0, 0.05) is 5.39 Å². The van der Waals surface area contributed by atoms with E-state index in [1.165, 1.54) is 43.8 Å². The van der Waals surface area contributed by atoms with Gasteiger partial charge in [-0.3, -0.25) is 0 Å². The highest BCUT2D eigenvalue weighted by Gasteiger charge is 2.15. The van der Waals surface area contributed by atoms with Crippen molar-refractivity contribution in [3.05, 3.63) is 170 Å². The molecule has 0 saturated carbocycles. The molecule has 2 heterocycles. The van der Waals surface area contributed by atoms with Crippen LogP contribution in [0.5, 0.6) is 0 Å². The third-order valence-corrected chi connectivity index (χ3v) is 9.67. The van der Waals surface area contributed by atoms with E-state index in [1.54, 1.807) is 0 Å².